The first kappa shape index (κ1) is 17.2. The minimum Gasteiger partial charge on any atom is -0.475 e. The smallest absolute Gasteiger partial charge is 0.232 e. The Bertz CT molecular complexity index is 383. The van der Waals surface area contributed by atoms with Gasteiger partial charge in [-0.15, -0.1) is 0 Å². The van der Waals surface area contributed by atoms with Gasteiger partial charge in [0.1, 0.15) is 11.6 Å². The van der Waals surface area contributed by atoms with Crippen LogP contribution in [0.1, 0.15) is 32.8 Å². The van der Waals surface area contributed by atoms with Crippen LogP contribution in [0.2, 0.25) is 5.02 Å². The van der Waals surface area contributed by atoms with E-state index in [1.165, 1.54) is 0 Å². The van der Waals surface area contributed by atoms with E-state index in [4.69, 9.17) is 16.3 Å². The molecule has 114 valence electrons. The van der Waals surface area contributed by atoms with Crippen LogP contribution in [0.4, 0.5) is 0 Å². The molecule has 0 saturated heterocycles. The number of ether oxygens (including phenoxy) is 1. The molecule has 4 nitrogen and oxygen atoms in total. The quantitative estimate of drug-likeness (QED) is 0.674. The second-order valence-electron chi connectivity index (χ2n) is 4.68. The number of rotatable bonds is 10. The van der Waals surface area contributed by atoms with E-state index in [1.807, 2.05) is 12.3 Å². The van der Waals surface area contributed by atoms with Crippen molar-refractivity contribution in [2.45, 2.75) is 33.7 Å². The normalized spacial score (nSPS) is 11.1. The molecule has 0 aromatic carbocycles. The molecular formula is C15H26ClN3O. The van der Waals surface area contributed by atoms with E-state index in [2.05, 4.69) is 36.0 Å². The number of hydrogen-bond donors (Lipinski definition) is 1. The molecule has 1 aromatic heterocycles. The molecule has 0 atom stereocenters. The van der Waals surface area contributed by atoms with Gasteiger partial charge in [0.15, 0.2) is 0 Å². The predicted molar refractivity (Wildman–Crippen MR) is 84.5 cm³/mol. The Morgan fingerprint density at radius 2 is 2.05 bits per heavy atom. The Balaban J connectivity index is 2.43. The van der Waals surface area contributed by atoms with Crippen LogP contribution >= 0.6 is 11.6 Å². The molecule has 20 heavy (non-hydrogen) atoms. The molecule has 1 heterocycles. The molecule has 0 aliphatic rings. The summed E-state index contributed by atoms with van der Waals surface area (Å²) in [5, 5.41) is 3.91. The van der Waals surface area contributed by atoms with Crippen molar-refractivity contribution < 1.29 is 4.74 Å². The van der Waals surface area contributed by atoms with Crippen molar-refractivity contribution in [2.24, 2.45) is 0 Å². The molecule has 0 aliphatic heterocycles. The predicted octanol–water partition coefficient (Wildman–Crippen LogP) is 2.96. The number of aromatic nitrogens is 1. The molecule has 0 saturated carbocycles. The summed E-state index contributed by atoms with van der Waals surface area (Å²) in [6.45, 7) is 11.8. The average Bonchev–Trinajstić information content (AvgIpc) is 2.46. The number of pyridine rings is 1. The minimum absolute atomic E-state index is 0.526. The van der Waals surface area contributed by atoms with E-state index in [9.17, 15) is 0 Å². The van der Waals surface area contributed by atoms with Gasteiger partial charge in [0.2, 0.25) is 5.88 Å². The molecule has 0 bridgehead atoms. The third-order valence-electron chi connectivity index (χ3n) is 3.16. The van der Waals surface area contributed by atoms with Gasteiger partial charge in [-0.1, -0.05) is 32.4 Å². The molecule has 1 rings (SSSR count). The summed E-state index contributed by atoms with van der Waals surface area (Å²) in [7, 11) is 0. The van der Waals surface area contributed by atoms with Gasteiger partial charge < -0.3 is 15.0 Å². The first-order valence-electron chi connectivity index (χ1n) is 7.41. The maximum Gasteiger partial charge on any atom is 0.232 e. The van der Waals surface area contributed by atoms with E-state index in [1.54, 1.807) is 0 Å². The van der Waals surface area contributed by atoms with Crippen molar-refractivity contribution in [1.29, 1.82) is 0 Å². The topological polar surface area (TPSA) is 37.4 Å². The van der Waals surface area contributed by atoms with E-state index in [0.29, 0.717) is 17.5 Å². The summed E-state index contributed by atoms with van der Waals surface area (Å²) < 4.78 is 5.65. The lowest BCUT2D eigenvalue weighted by molar-refractivity contribution is 0.218. The Morgan fingerprint density at radius 3 is 2.65 bits per heavy atom. The molecule has 0 aliphatic carbocycles. The Hall–Kier alpha value is -0.840. The zero-order valence-electron chi connectivity index (χ0n) is 12.8. The molecule has 1 aromatic rings. The van der Waals surface area contributed by atoms with E-state index in [-0.39, 0.29) is 0 Å². The number of likely N-dealkylation sites (N-methyl/N-ethyl adjacent to an activating group) is 1. The molecule has 0 radical (unpaired) electrons. The third kappa shape index (κ3) is 6.07. The highest BCUT2D eigenvalue weighted by atomic mass is 35.5. The Labute approximate surface area is 127 Å². The highest BCUT2D eigenvalue weighted by molar-refractivity contribution is 6.31. The van der Waals surface area contributed by atoms with Crippen molar-refractivity contribution >= 4 is 11.6 Å². The molecule has 0 spiro atoms. The summed E-state index contributed by atoms with van der Waals surface area (Å²) in [5.74, 6) is 0.526. The fraction of sp³-hybridized carbons (Fsp3) is 0.667. The van der Waals surface area contributed by atoms with Gasteiger partial charge in [0.05, 0.1) is 0 Å². The van der Waals surface area contributed by atoms with Crippen molar-refractivity contribution in [3.63, 3.8) is 0 Å². The first-order chi connectivity index (χ1) is 9.71. The Kier molecular flexibility index (Phi) is 8.58. The summed E-state index contributed by atoms with van der Waals surface area (Å²) >= 11 is 6.20. The lowest BCUT2D eigenvalue weighted by Crippen LogP contribution is -2.28. The number of nitrogens with zero attached hydrogens (tertiary/aromatic N) is 2. The van der Waals surface area contributed by atoms with Gasteiger partial charge in [-0.25, -0.2) is 4.98 Å². The zero-order valence-corrected chi connectivity index (χ0v) is 13.5. The second kappa shape index (κ2) is 9.97. The summed E-state index contributed by atoms with van der Waals surface area (Å²) in [6, 6.07) is 1.92. The lowest BCUT2D eigenvalue weighted by atomic mass is 10.3. The van der Waals surface area contributed by atoms with Crippen LogP contribution in [-0.2, 0) is 6.54 Å². The van der Waals surface area contributed by atoms with Gasteiger partial charge in [-0.05, 0) is 37.7 Å². The highest BCUT2D eigenvalue weighted by Crippen LogP contribution is 2.22. The molecule has 0 unspecified atom stereocenters. The third-order valence-corrected chi connectivity index (χ3v) is 3.43. The number of nitrogens with one attached hydrogen (secondary N) is 1. The van der Waals surface area contributed by atoms with Crippen molar-refractivity contribution in [3.05, 3.63) is 22.8 Å². The van der Waals surface area contributed by atoms with E-state index in [0.717, 1.165) is 44.7 Å². The monoisotopic (exact) mass is 299 g/mol. The molecule has 0 fully saturated rings. The minimum atomic E-state index is 0.526. The van der Waals surface area contributed by atoms with E-state index < -0.39 is 0 Å². The second-order valence-corrected chi connectivity index (χ2v) is 5.09. The van der Waals surface area contributed by atoms with Crippen LogP contribution in [0.3, 0.4) is 0 Å². The highest BCUT2D eigenvalue weighted by Gasteiger charge is 2.06. The van der Waals surface area contributed by atoms with Gasteiger partial charge in [-0.3, -0.25) is 0 Å². The van der Waals surface area contributed by atoms with Gasteiger partial charge in [0, 0.05) is 19.3 Å². The zero-order chi connectivity index (χ0) is 14.8. The van der Waals surface area contributed by atoms with Crippen molar-refractivity contribution in [3.8, 4) is 5.88 Å². The number of hydrogen-bond acceptors (Lipinski definition) is 4. The van der Waals surface area contributed by atoms with Gasteiger partial charge in [-0.2, -0.15) is 0 Å². The largest absolute Gasteiger partial charge is 0.475 e. The maximum atomic E-state index is 6.20. The van der Waals surface area contributed by atoms with Crippen LogP contribution in [-0.4, -0.2) is 42.7 Å². The fourth-order valence-corrected chi connectivity index (χ4v) is 2.13. The van der Waals surface area contributed by atoms with Gasteiger partial charge >= 0.3 is 0 Å². The number of halogens is 1. The van der Waals surface area contributed by atoms with Crippen LogP contribution in [0.25, 0.3) is 0 Å². The SMILES string of the molecule is CCCNCc1cnc(OCCN(CC)CC)c(Cl)c1. The lowest BCUT2D eigenvalue weighted by Gasteiger charge is -2.18. The first-order valence-corrected chi connectivity index (χ1v) is 7.79. The van der Waals surface area contributed by atoms with Gasteiger partial charge in [0.25, 0.3) is 0 Å². The molecule has 0 amide bonds. The van der Waals surface area contributed by atoms with Crippen LogP contribution in [0, 0.1) is 0 Å². The summed E-state index contributed by atoms with van der Waals surface area (Å²) in [6.07, 6.45) is 2.94. The fourth-order valence-electron chi connectivity index (χ4n) is 1.89. The molecular weight excluding hydrogens is 274 g/mol. The van der Waals surface area contributed by atoms with Crippen molar-refractivity contribution in [2.75, 3.05) is 32.8 Å². The summed E-state index contributed by atoms with van der Waals surface area (Å²) in [4.78, 5) is 6.60. The maximum absolute atomic E-state index is 6.20. The van der Waals surface area contributed by atoms with Crippen LogP contribution in [0.5, 0.6) is 5.88 Å². The standard InChI is InChI=1S/C15H26ClN3O/c1-4-7-17-11-13-10-14(16)15(18-12-13)20-9-8-19(5-2)6-3/h10,12,17H,4-9,11H2,1-3H3. The molecule has 1 N–H and O–H groups in total. The van der Waals surface area contributed by atoms with Crippen LogP contribution < -0.4 is 10.1 Å². The van der Waals surface area contributed by atoms with Crippen LogP contribution in [0.15, 0.2) is 12.3 Å². The summed E-state index contributed by atoms with van der Waals surface area (Å²) in [5.41, 5.74) is 1.08. The molecule has 5 heteroatoms. The average molecular weight is 300 g/mol. The van der Waals surface area contributed by atoms with Crippen molar-refractivity contribution in [1.82, 2.24) is 15.2 Å². The Morgan fingerprint density at radius 1 is 1.30 bits per heavy atom. The van der Waals surface area contributed by atoms with E-state index >= 15 is 0 Å².